The van der Waals surface area contributed by atoms with Gasteiger partial charge in [-0.05, 0) is 42.5 Å². The maximum atomic E-state index is 13.9. The zero-order valence-electron chi connectivity index (χ0n) is 14.9. The van der Waals surface area contributed by atoms with Gasteiger partial charge in [-0.25, -0.2) is 22.8 Å². The van der Waals surface area contributed by atoms with Crippen LogP contribution in [-0.4, -0.2) is 31.4 Å². The monoisotopic (exact) mass is 480 g/mol. The number of halogens is 2. The highest BCUT2D eigenvalue weighted by atomic mass is 79.9. The predicted molar refractivity (Wildman–Crippen MR) is 108 cm³/mol. The van der Waals surface area contributed by atoms with Crippen molar-refractivity contribution in [1.29, 1.82) is 0 Å². The van der Waals surface area contributed by atoms with Gasteiger partial charge in [0.1, 0.15) is 18.0 Å². The standard InChI is InChI=1S/C18H14BrFN4O4S/c1-28-17-9-16(21-10-22-17)24-29(26,27)13-5-3-12(4-6-13)23-18(25)14-7-2-11(19)8-15(14)20/h2-10H,1H3,(H,23,25)(H,21,22,24). The number of sulfonamides is 1. The molecule has 0 spiro atoms. The third-order valence-electron chi connectivity index (χ3n) is 3.69. The number of carbonyl (C=O) groups is 1. The van der Waals surface area contributed by atoms with Crippen molar-refractivity contribution in [1.82, 2.24) is 9.97 Å². The molecule has 0 fully saturated rings. The molecule has 29 heavy (non-hydrogen) atoms. The number of amides is 1. The highest BCUT2D eigenvalue weighted by Gasteiger charge is 2.17. The van der Waals surface area contributed by atoms with E-state index in [-0.39, 0.29) is 22.2 Å². The second kappa shape index (κ2) is 8.53. The molecule has 3 aromatic rings. The molecule has 0 atom stereocenters. The molecular formula is C18H14BrFN4O4S. The molecule has 1 heterocycles. The fraction of sp³-hybridized carbons (Fsp3) is 0.0556. The Morgan fingerprint density at radius 2 is 1.83 bits per heavy atom. The van der Waals surface area contributed by atoms with Gasteiger partial charge in [-0.15, -0.1) is 0 Å². The molecule has 1 aromatic heterocycles. The Morgan fingerprint density at radius 3 is 2.48 bits per heavy atom. The normalized spacial score (nSPS) is 11.0. The van der Waals surface area contributed by atoms with Crippen LogP contribution in [0.25, 0.3) is 0 Å². The lowest BCUT2D eigenvalue weighted by Gasteiger charge is -2.10. The molecule has 3 rings (SSSR count). The Morgan fingerprint density at radius 1 is 1.10 bits per heavy atom. The van der Waals surface area contributed by atoms with Gasteiger partial charge in [0, 0.05) is 16.2 Å². The fourth-order valence-corrected chi connectivity index (χ4v) is 3.63. The number of hydrogen-bond acceptors (Lipinski definition) is 6. The van der Waals surface area contributed by atoms with Gasteiger partial charge in [-0.2, -0.15) is 0 Å². The van der Waals surface area contributed by atoms with Gasteiger partial charge in [-0.3, -0.25) is 9.52 Å². The van der Waals surface area contributed by atoms with E-state index in [4.69, 9.17) is 4.74 Å². The molecule has 11 heteroatoms. The highest BCUT2D eigenvalue weighted by molar-refractivity contribution is 9.10. The summed E-state index contributed by atoms with van der Waals surface area (Å²) in [4.78, 5) is 19.8. The first-order valence-electron chi connectivity index (χ1n) is 8.04. The molecular weight excluding hydrogens is 467 g/mol. The summed E-state index contributed by atoms with van der Waals surface area (Å²) in [6, 6.07) is 10.8. The topological polar surface area (TPSA) is 110 Å². The molecule has 0 radical (unpaired) electrons. The fourth-order valence-electron chi connectivity index (χ4n) is 2.29. The summed E-state index contributed by atoms with van der Waals surface area (Å²) in [6.07, 6.45) is 1.16. The van der Waals surface area contributed by atoms with E-state index in [9.17, 15) is 17.6 Å². The third-order valence-corrected chi connectivity index (χ3v) is 5.55. The molecule has 0 bridgehead atoms. The van der Waals surface area contributed by atoms with Gasteiger partial charge in [0.15, 0.2) is 0 Å². The molecule has 0 aliphatic carbocycles. The molecule has 0 saturated carbocycles. The van der Waals surface area contributed by atoms with Crippen LogP contribution in [0.5, 0.6) is 5.88 Å². The maximum absolute atomic E-state index is 13.9. The molecule has 0 aliphatic rings. The van der Waals surface area contributed by atoms with Crippen molar-refractivity contribution in [2.45, 2.75) is 4.90 Å². The lowest BCUT2D eigenvalue weighted by molar-refractivity contribution is 0.102. The van der Waals surface area contributed by atoms with E-state index in [0.29, 0.717) is 10.2 Å². The molecule has 0 saturated heterocycles. The summed E-state index contributed by atoms with van der Waals surface area (Å²) < 4.78 is 46.6. The largest absolute Gasteiger partial charge is 0.481 e. The Hall–Kier alpha value is -3.05. The van der Waals surface area contributed by atoms with Crippen molar-refractivity contribution < 1.29 is 22.3 Å². The van der Waals surface area contributed by atoms with Crippen molar-refractivity contribution in [2.75, 3.05) is 17.1 Å². The minimum Gasteiger partial charge on any atom is -0.481 e. The Bertz CT molecular complexity index is 1160. The Balaban J connectivity index is 1.74. The molecule has 2 aromatic carbocycles. The van der Waals surface area contributed by atoms with Crippen molar-refractivity contribution in [3.05, 3.63) is 70.7 Å². The van der Waals surface area contributed by atoms with Crippen LogP contribution >= 0.6 is 15.9 Å². The molecule has 0 unspecified atom stereocenters. The van der Waals surface area contributed by atoms with E-state index in [1.54, 1.807) is 6.07 Å². The van der Waals surface area contributed by atoms with Crippen LogP contribution < -0.4 is 14.8 Å². The van der Waals surface area contributed by atoms with Crippen molar-refractivity contribution in [3.8, 4) is 5.88 Å². The van der Waals surface area contributed by atoms with Crippen molar-refractivity contribution >= 4 is 43.4 Å². The molecule has 0 aliphatic heterocycles. The van der Waals surface area contributed by atoms with Crippen LogP contribution in [0.15, 0.2) is 64.2 Å². The van der Waals surface area contributed by atoms with Gasteiger partial charge in [0.05, 0.1) is 17.6 Å². The smallest absolute Gasteiger partial charge is 0.263 e. The third kappa shape index (κ3) is 5.06. The Kier molecular flexibility index (Phi) is 6.09. The SMILES string of the molecule is COc1cc(NS(=O)(=O)c2ccc(NC(=O)c3ccc(Br)cc3F)cc2)ncn1. The summed E-state index contributed by atoms with van der Waals surface area (Å²) in [6.45, 7) is 0. The predicted octanol–water partition coefficient (Wildman–Crippen LogP) is 3.44. The second-order valence-corrected chi connectivity index (χ2v) is 8.25. The summed E-state index contributed by atoms with van der Waals surface area (Å²) in [5.74, 6) is -1.09. The first-order chi connectivity index (χ1) is 13.8. The van der Waals surface area contributed by atoms with Crippen LogP contribution in [0.1, 0.15) is 10.4 Å². The molecule has 2 N–H and O–H groups in total. The summed E-state index contributed by atoms with van der Waals surface area (Å²) in [5.41, 5.74) is 0.171. The molecule has 8 nitrogen and oxygen atoms in total. The highest BCUT2D eigenvalue weighted by Crippen LogP contribution is 2.20. The minimum absolute atomic E-state index is 0.0416. The van der Waals surface area contributed by atoms with E-state index in [1.807, 2.05) is 0 Å². The van der Waals surface area contributed by atoms with E-state index in [0.717, 1.165) is 6.33 Å². The number of benzene rings is 2. The summed E-state index contributed by atoms with van der Waals surface area (Å²) in [7, 11) is -2.52. The minimum atomic E-state index is -3.92. The van der Waals surface area contributed by atoms with Crippen LogP contribution in [-0.2, 0) is 10.0 Å². The van der Waals surface area contributed by atoms with E-state index >= 15 is 0 Å². The number of ether oxygens (including phenoxy) is 1. The van der Waals surface area contributed by atoms with E-state index in [1.165, 1.54) is 49.6 Å². The zero-order chi connectivity index (χ0) is 21.0. The van der Waals surface area contributed by atoms with Gasteiger partial charge in [0.2, 0.25) is 5.88 Å². The Labute approximate surface area is 174 Å². The zero-order valence-corrected chi connectivity index (χ0v) is 17.3. The molecule has 1 amide bonds. The van der Waals surface area contributed by atoms with E-state index < -0.39 is 21.7 Å². The van der Waals surface area contributed by atoms with Crippen LogP contribution in [0.3, 0.4) is 0 Å². The number of carbonyl (C=O) groups excluding carboxylic acids is 1. The first-order valence-corrected chi connectivity index (χ1v) is 10.3. The average Bonchev–Trinajstić information content (AvgIpc) is 2.68. The second-order valence-electron chi connectivity index (χ2n) is 5.65. The maximum Gasteiger partial charge on any atom is 0.263 e. The van der Waals surface area contributed by atoms with Gasteiger partial charge in [-0.1, -0.05) is 15.9 Å². The van der Waals surface area contributed by atoms with Crippen LogP contribution in [0.2, 0.25) is 0 Å². The number of aromatic nitrogens is 2. The van der Waals surface area contributed by atoms with Crippen molar-refractivity contribution in [3.63, 3.8) is 0 Å². The van der Waals surface area contributed by atoms with E-state index in [2.05, 4.69) is 35.9 Å². The number of methoxy groups -OCH3 is 1. The first kappa shape index (κ1) is 20.7. The lowest BCUT2D eigenvalue weighted by atomic mass is 10.2. The van der Waals surface area contributed by atoms with Crippen LogP contribution in [0.4, 0.5) is 15.9 Å². The summed E-state index contributed by atoms with van der Waals surface area (Å²) in [5, 5.41) is 2.52. The number of hydrogen-bond donors (Lipinski definition) is 2. The van der Waals surface area contributed by atoms with Gasteiger partial charge >= 0.3 is 0 Å². The number of anilines is 2. The number of rotatable bonds is 6. The van der Waals surface area contributed by atoms with Crippen LogP contribution in [0, 0.1) is 5.82 Å². The lowest BCUT2D eigenvalue weighted by Crippen LogP contribution is -2.15. The van der Waals surface area contributed by atoms with Gasteiger partial charge < -0.3 is 10.1 Å². The summed E-state index contributed by atoms with van der Waals surface area (Å²) >= 11 is 3.12. The molecule has 150 valence electrons. The quantitative estimate of drug-likeness (QED) is 0.558. The van der Waals surface area contributed by atoms with Gasteiger partial charge in [0.25, 0.3) is 15.9 Å². The number of nitrogens with one attached hydrogen (secondary N) is 2. The number of nitrogens with zero attached hydrogens (tertiary/aromatic N) is 2. The van der Waals surface area contributed by atoms with Crippen molar-refractivity contribution in [2.24, 2.45) is 0 Å². The average molecular weight is 481 g/mol.